The Hall–Kier alpha value is -1.82. The zero-order valence-electron chi connectivity index (χ0n) is 14.3. The number of thioether (sulfide) groups is 1. The van der Waals surface area contributed by atoms with Crippen molar-refractivity contribution in [1.29, 1.82) is 0 Å². The average molecular weight is 404 g/mol. The molecular weight excluding hydrogens is 386 g/mol. The summed E-state index contributed by atoms with van der Waals surface area (Å²) in [6.45, 7) is 2.85. The van der Waals surface area contributed by atoms with E-state index < -0.39 is 0 Å². The zero-order valence-corrected chi connectivity index (χ0v) is 16.7. The van der Waals surface area contributed by atoms with Crippen molar-refractivity contribution in [2.24, 2.45) is 0 Å². The van der Waals surface area contributed by atoms with Crippen LogP contribution < -0.4 is 9.64 Å². The van der Waals surface area contributed by atoms with Gasteiger partial charge in [0, 0.05) is 5.02 Å². The molecule has 0 saturated carbocycles. The van der Waals surface area contributed by atoms with E-state index >= 15 is 0 Å². The highest BCUT2D eigenvalue weighted by Gasteiger charge is 2.33. The van der Waals surface area contributed by atoms with Gasteiger partial charge in [0.1, 0.15) is 5.75 Å². The summed E-state index contributed by atoms with van der Waals surface area (Å²) in [6.07, 6.45) is 3.99. The van der Waals surface area contributed by atoms with E-state index in [0.717, 1.165) is 36.4 Å². The second kappa shape index (κ2) is 8.71. The number of hydrogen-bond acceptors (Lipinski definition) is 4. The molecule has 0 atom stereocenters. The first kappa shape index (κ1) is 19.0. The second-order valence-corrected chi connectivity index (χ2v) is 7.88. The Balaban J connectivity index is 1.74. The van der Waals surface area contributed by atoms with Crippen LogP contribution in [0.4, 0.5) is 5.69 Å². The maximum absolute atomic E-state index is 12.7. The second-order valence-electron chi connectivity index (χ2n) is 5.76. The van der Waals surface area contributed by atoms with Crippen LogP contribution >= 0.6 is 35.6 Å². The van der Waals surface area contributed by atoms with Crippen LogP contribution in [0.2, 0.25) is 5.02 Å². The van der Waals surface area contributed by atoms with Gasteiger partial charge in [0.15, 0.2) is 4.32 Å². The van der Waals surface area contributed by atoms with E-state index in [1.807, 2.05) is 30.3 Å². The fourth-order valence-electron chi connectivity index (χ4n) is 2.43. The van der Waals surface area contributed by atoms with Crippen molar-refractivity contribution in [2.75, 3.05) is 11.5 Å². The van der Waals surface area contributed by atoms with Crippen molar-refractivity contribution >= 4 is 57.6 Å². The molecule has 1 aliphatic heterocycles. The van der Waals surface area contributed by atoms with Crippen LogP contribution in [0.15, 0.2) is 53.4 Å². The Labute approximate surface area is 168 Å². The molecular formula is C20H18ClNO2S2. The molecule has 2 aromatic carbocycles. The number of unbranched alkanes of at least 4 members (excludes halogenated alkanes) is 1. The number of halogens is 1. The lowest BCUT2D eigenvalue weighted by Crippen LogP contribution is -2.27. The first-order chi connectivity index (χ1) is 12.6. The maximum Gasteiger partial charge on any atom is 0.270 e. The number of ether oxygens (including phenoxy) is 1. The van der Waals surface area contributed by atoms with Crippen LogP contribution in [-0.4, -0.2) is 16.8 Å². The third-order valence-corrected chi connectivity index (χ3v) is 5.38. The van der Waals surface area contributed by atoms with Gasteiger partial charge < -0.3 is 4.74 Å². The van der Waals surface area contributed by atoms with Crippen LogP contribution in [-0.2, 0) is 4.79 Å². The highest BCUT2D eigenvalue weighted by Crippen LogP contribution is 2.36. The van der Waals surface area contributed by atoms with Gasteiger partial charge >= 0.3 is 0 Å². The monoisotopic (exact) mass is 403 g/mol. The molecule has 0 spiro atoms. The van der Waals surface area contributed by atoms with Crippen molar-refractivity contribution in [2.45, 2.75) is 19.8 Å². The van der Waals surface area contributed by atoms with Gasteiger partial charge in [0.25, 0.3) is 5.91 Å². The van der Waals surface area contributed by atoms with Gasteiger partial charge in [-0.1, -0.05) is 61.1 Å². The van der Waals surface area contributed by atoms with E-state index in [2.05, 4.69) is 6.92 Å². The number of carbonyl (C=O) groups excluding carboxylic acids is 1. The molecule has 0 radical (unpaired) electrons. The van der Waals surface area contributed by atoms with Crippen LogP contribution in [0.5, 0.6) is 5.75 Å². The minimum absolute atomic E-state index is 0.120. The van der Waals surface area contributed by atoms with Crippen LogP contribution in [0.1, 0.15) is 25.3 Å². The minimum atomic E-state index is -0.120. The summed E-state index contributed by atoms with van der Waals surface area (Å²) in [6, 6.07) is 14.8. The Morgan fingerprint density at radius 2 is 1.85 bits per heavy atom. The minimum Gasteiger partial charge on any atom is -0.494 e. The van der Waals surface area contributed by atoms with E-state index in [1.54, 1.807) is 24.3 Å². The number of benzene rings is 2. The lowest BCUT2D eigenvalue weighted by molar-refractivity contribution is -0.113. The summed E-state index contributed by atoms with van der Waals surface area (Å²) in [4.78, 5) is 14.9. The molecule has 0 N–H and O–H groups in total. The lowest BCUT2D eigenvalue weighted by atomic mass is 10.2. The van der Waals surface area contributed by atoms with Gasteiger partial charge in [-0.3, -0.25) is 9.69 Å². The number of anilines is 1. The Bertz CT molecular complexity index is 832. The molecule has 1 saturated heterocycles. The predicted molar refractivity (Wildman–Crippen MR) is 114 cm³/mol. The molecule has 1 fully saturated rings. The molecule has 3 rings (SSSR count). The highest BCUT2D eigenvalue weighted by molar-refractivity contribution is 8.27. The predicted octanol–water partition coefficient (Wildman–Crippen LogP) is 5.92. The largest absolute Gasteiger partial charge is 0.494 e. The summed E-state index contributed by atoms with van der Waals surface area (Å²) in [5.74, 6) is 0.718. The number of amides is 1. The maximum atomic E-state index is 12.7. The Kier molecular flexibility index (Phi) is 6.35. The van der Waals surface area contributed by atoms with Gasteiger partial charge in [0.2, 0.25) is 0 Å². The molecule has 0 aliphatic carbocycles. The van der Waals surface area contributed by atoms with Gasteiger partial charge in [0.05, 0.1) is 17.2 Å². The van der Waals surface area contributed by atoms with Gasteiger partial charge in [-0.2, -0.15) is 0 Å². The van der Waals surface area contributed by atoms with Crippen molar-refractivity contribution in [1.82, 2.24) is 0 Å². The topological polar surface area (TPSA) is 29.5 Å². The van der Waals surface area contributed by atoms with Crippen molar-refractivity contribution < 1.29 is 9.53 Å². The van der Waals surface area contributed by atoms with Gasteiger partial charge in [-0.05, 0) is 54.5 Å². The van der Waals surface area contributed by atoms with Crippen LogP contribution in [0, 0.1) is 0 Å². The molecule has 2 aromatic rings. The normalized spacial score (nSPS) is 15.8. The number of rotatable bonds is 6. The van der Waals surface area contributed by atoms with Gasteiger partial charge in [-0.25, -0.2) is 0 Å². The van der Waals surface area contributed by atoms with Crippen molar-refractivity contribution in [3.63, 3.8) is 0 Å². The quantitative estimate of drug-likeness (QED) is 0.340. The Morgan fingerprint density at radius 3 is 2.50 bits per heavy atom. The third-order valence-electron chi connectivity index (χ3n) is 3.82. The molecule has 0 bridgehead atoms. The molecule has 1 aliphatic rings. The van der Waals surface area contributed by atoms with E-state index in [4.69, 9.17) is 28.6 Å². The highest BCUT2D eigenvalue weighted by atomic mass is 35.5. The molecule has 1 heterocycles. The fourth-order valence-corrected chi connectivity index (χ4v) is 3.85. The Morgan fingerprint density at radius 1 is 1.15 bits per heavy atom. The standard InChI is InChI=1S/C20H18ClNO2S2/c1-2-3-12-24-17-10-4-14(5-11-17)13-18-19(23)22(20(25)26-18)16-8-6-15(21)7-9-16/h4-11,13H,2-3,12H2,1H3/b18-13-. The summed E-state index contributed by atoms with van der Waals surface area (Å²) in [5, 5.41) is 0.621. The summed E-state index contributed by atoms with van der Waals surface area (Å²) in [5.41, 5.74) is 1.66. The number of hydrogen-bond donors (Lipinski definition) is 0. The van der Waals surface area contributed by atoms with E-state index in [-0.39, 0.29) is 5.91 Å². The molecule has 0 aromatic heterocycles. The first-order valence-corrected chi connectivity index (χ1v) is 9.95. The van der Waals surface area contributed by atoms with Crippen molar-refractivity contribution in [3.05, 3.63) is 64.0 Å². The average Bonchev–Trinajstić information content (AvgIpc) is 2.91. The molecule has 0 unspecified atom stereocenters. The summed E-state index contributed by atoms with van der Waals surface area (Å²) >= 11 is 12.6. The van der Waals surface area contributed by atoms with Crippen LogP contribution in [0.3, 0.4) is 0 Å². The zero-order chi connectivity index (χ0) is 18.5. The van der Waals surface area contributed by atoms with E-state index in [1.165, 1.54) is 16.7 Å². The first-order valence-electron chi connectivity index (χ1n) is 8.35. The summed E-state index contributed by atoms with van der Waals surface area (Å²) < 4.78 is 6.18. The number of carbonyl (C=O) groups is 1. The lowest BCUT2D eigenvalue weighted by Gasteiger charge is -2.14. The van der Waals surface area contributed by atoms with Crippen molar-refractivity contribution in [3.8, 4) is 5.75 Å². The van der Waals surface area contributed by atoms with E-state index in [9.17, 15) is 4.79 Å². The molecule has 6 heteroatoms. The third kappa shape index (κ3) is 4.47. The molecule has 134 valence electrons. The molecule has 26 heavy (non-hydrogen) atoms. The number of thiocarbonyl (C=S) groups is 1. The SMILES string of the molecule is CCCCOc1ccc(/C=C2\SC(=S)N(c3ccc(Cl)cc3)C2=O)cc1. The van der Waals surface area contributed by atoms with Gasteiger partial charge in [-0.15, -0.1) is 0 Å². The van der Waals surface area contributed by atoms with Crippen LogP contribution in [0.25, 0.3) is 6.08 Å². The summed E-state index contributed by atoms with van der Waals surface area (Å²) in [7, 11) is 0. The molecule has 3 nitrogen and oxygen atoms in total. The smallest absolute Gasteiger partial charge is 0.270 e. The number of nitrogens with zero attached hydrogens (tertiary/aromatic N) is 1. The molecule has 1 amide bonds. The van der Waals surface area contributed by atoms with E-state index in [0.29, 0.717) is 14.2 Å². The fraction of sp³-hybridized carbons (Fsp3) is 0.200.